The van der Waals surface area contributed by atoms with Crippen LogP contribution in [0.1, 0.15) is 12.8 Å². The number of carbonyl (C=O) groups is 1. The van der Waals surface area contributed by atoms with E-state index < -0.39 is 0 Å². The molecule has 0 bridgehead atoms. The first-order chi connectivity index (χ1) is 8.16. The fourth-order valence-corrected chi connectivity index (χ4v) is 1.38. The number of hydrogen-bond donors (Lipinski definition) is 0. The van der Waals surface area contributed by atoms with Gasteiger partial charge in [0.15, 0.2) is 11.5 Å². The van der Waals surface area contributed by atoms with Crippen LogP contribution in [0.4, 0.5) is 0 Å². The molecule has 1 aromatic carbocycles. The number of rotatable bonds is 4. The molecule has 0 unspecified atom stereocenters. The third kappa shape index (κ3) is 2.72. The highest BCUT2D eigenvalue weighted by molar-refractivity contribution is 5.86. The van der Waals surface area contributed by atoms with Crippen LogP contribution < -0.4 is 0 Å². The van der Waals surface area contributed by atoms with Crippen LogP contribution in [0.15, 0.2) is 40.8 Å². The van der Waals surface area contributed by atoms with E-state index in [1.165, 1.54) is 0 Å². The number of benzene rings is 1. The average molecular weight is 231 g/mol. The lowest BCUT2D eigenvalue weighted by atomic mass is 10.3. The molecule has 4 nitrogen and oxygen atoms in total. The first kappa shape index (κ1) is 11.4. The van der Waals surface area contributed by atoms with Gasteiger partial charge < -0.3 is 9.15 Å². The molecule has 2 aromatic rings. The summed E-state index contributed by atoms with van der Waals surface area (Å²) in [6.07, 6.45) is 0.466. The topological polar surface area (TPSA) is 52.3 Å². The molecule has 0 spiro atoms. The van der Waals surface area contributed by atoms with Crippen molar-refractivity contribution in [3.8, 4) is 0 Å². The van der Waals surface area contributed by atoms with Crippen LogP contribution in [-0.4, -0.2) is 17.6 Å². The first-order valence-electron chi connectivity index (χ1n) is 5.34. The van der Waals surface area contributed by atoms with E-state index >= 15 is 0 Å². The van der Waals surface area contributed by atoms with Gasteiger partial charge in [-0.05, 0) is 19.1 Å². The van der Waals surface area contributed by atoms with E-state index in [4.69, 9.17) is 9.15 Å². The molecule has 2 rings (SSSR count). The van der Waals surface area contributed by atoms with Crippen molar-refractivity contribution in [1.82, 2.24) is 4.98 Å². The third-order valence-corrected chi connectivity index (χ3v) is 2.24. The van der Waals surface area contributed by atoms with Crippen molar-refractivity contribution in [3.05, 3.63) is 42.3 Å². The standard InChI is InChI=1S/C13H13NO3/c1-9(2)13(15)16-8-7-12-14-10-5-3-4-6-11(10)17-12/h3-6H,1,7-8H2,2H3. The van der Waals surface area contributed by atoms with Crippen molar-refractivity contribution >= 4 is 17.1 Å². The predicted octanol–water partition coefficient (Wildman–Crippen LogP) is 2.49. The largest absolute Gasteiger partial charge is 0.462 e. The molecular weight excluding hydrogens is 218 g/mol. The lowest BCUT2D eigenvalue weighted by molar-refractivity contribution is -0.138. The Hall–Kier alpha value is -2.10. The molecule has 17 heavy (non-hydrogen) atoms. The molecule has 4 heteroatoms. The van der Waals surface area contributed by atoms with Crippen molar-refractivity contribution in [2.75, 3.05) is 6.61 Å². The van der Waals surface area contributed by atoms with E-state index in [0.29, 0.717) is 17.9 Å². The molecule has 1 aromatic heterocycles. The fraction of sp³-hybridized carbons (Fsp3) is 0.231. The van der Waals surface area contributed by atoms with Gasteiger partial charge in [-0.1, -0.05) is 18.7 Å². The zero-order valence-electron chi connectivity index (χ0n) is 9.60. The number of oxazole rings is 1. The zero-order valence-corrected chi connectivity index (χ0v) is 9.60. The second-order valence-corrected chi connectivity index (χ2v) is 3.74. The molecule has 0 fully saturated rings. The minimum absolute atomic E-state index is 0.249. The van der Waals surface area contributed by atoms with E-state index in [0.717, 1.165) is 11.1 Å². The molecule has 0 aliphatic carbocycles. The number of fused-ring (bicyclic) bond motifs is 1. The van der Waals surface area contributed by atoms with Gasteiger partial charge in [-0.25, -0.2) is 9.78 Å². The molecule has 1 heterocycles. The molecule has 0 radical (unpaired) electrons. The van der Waals surface area contributed by atoms with Crippen LogP contribution in [0.5, 0.6) is 0 Å². The van der Waals surface area contributed by atoms with Gasteiger partial charge in [-0.3, -0.25) is 0 Å². The van der Waals surface area contributed by atoms with Crippen LogP contribution in [0.2, 0.25) is 0 Å². The summed E-state index contributed by atoms with van der Waals surface area (Å²) in [5, 5.41) is 0. The number of hydrogen-bond acceptors (Lipinski definition) is 4. The summed E-state index contributed by atoms with van der Waals surface area (Å²) in [7, 11) is 0. The van der Waals surface area contributed by atoms with Gasteiger partial charge in [-0.15, -0.1) is 0 Å². The maximum Gasteiger partial charge on any atom is 0.333 e. The lowest BCUT2D eigenvalue weighted by Gasteiger charge is -2.01. The Morgan fingerprint density at radius 1 is 1.47 bits per heavy atom. The second kappa shape index (κ2) is 4.82. The van der Waals surface area contributed by atoms with Crippen molar-refractivity contribution in [3.63, 3.8) is 0 Å². The molecule has 0 N–H and O–H groups in total. The maximum atomic E-state index is 11.1. The van der Waals surface area contributed by atoms with Crippen LogP contribution in [-0.2, 0) is 16.0 Å². The molecule has 0 aliphatic heterocycles. The molecule has 0 saturated carbocycles. The Kier molecular flexibility index (Phi) is 3.23. The summed E-state index contributed by atoms with van der Waals surface area (Å²) in [5.41, 5.74) is 1.95. The number of ether oxygens (including phenoxy) is 1. The summed E-state index contributed by atoms with van der Waals surface area (Å²) >= 11 is 0. The van der Waals surface area contributed by atoms with Crippen LogP contribution in [0, 0.1) is 0 Å². The first-order valence-corrected chi connectivity index (χ1v) is 5.34. The smallest absolute Gasteiger partial charge is 0.333 e. The number of carbonyl (C=O) groups excluding carboxylic acids is 1. The third-order valence-electron chi connectivity index (χ3n) is 2.24. The fourth-order valence-electron chi connectivity index (χ4n) is 1.38. The highest BCUT2D eigenvalue weighted by Gasteiger charge is 2.07. The Bertz CT molecular complexity index is 524. The maximum absolute atomic E-state index is 11.1. The van der Waals surface area contributed by atoms with E-state index in [9.17, 15) is 4.79 Å². The van der Waals surface area contributed by atoms with Crippen LogP contribution in [0.3, 0.4) is 0 Å². The minimum Gasteiger partial charge on any atom is -0.462 e. The summed E-state index contributed by atoms with van der Waals surface area (Å²) in [4.78, 5) is 15.4. The SMILES string of the molecule is C=C(C)C(=O)OCCc1nc2ccccc2o1. The van der Waals surface area contributed by atoms with Gasteiger partial charge in [0.1, 0.15) is 12.1 Å². The van der Waals surface area contributed by atoms with Crippen molar-refractivity contribution in [1.29, 1.82) is 0 Å². The number of esters is 1. The number of nitrogens with zero attached hydrogens (tertiary/aromatic N) is 1. The number of para-hydroxylation sites is 2. The Morgan fingerprint density at radius 3 is 2.94 bits per heavy atom. The van der Waals surface area contributed by atoms with Gasteiger partial charge in [-0.2, -0.15) is 0 Å². The Morgan fingerprint density at radius 2 is 2.24 bits per heavy atom. The summed E-state index contributed by atoms with van der Waals surface area (Å²) in [6, 6.07) is 7.52. The molecule has 0 saturated heterocycles. The van der Waals surface area contributed by atoms with Crippen molar-refractivity contribution < 1.29 is 13.9 Å². The van der Waals surface area contributed by atoms with Gasteiger partial charge in [0.2, 0.25) is 0 Å². The summed E-state index contributed by atoms with van der Waals surface area (Å²) in [6.45, 7) is 5.36. The zero-order chi connectivity index (χ0) is 12.3. The molecule has 0 amide bonds. The van der Waals surface area contributed by atoms with E-state index in [1.54, 1.807) is 6.92 Å². The van der Waals surface area contributed by atoms with Crippen molar-refractivity contribution in [2.45, 2.75) is 13.3 Å². The van der Waals surface area contributed by atoms with Crippen LogP contribution in [0.25, 0.3) is 11.1 Å². The van der Waals surface area contributed by atoms with Gasteiger partial charge in [0.05, 0.1) is 6.42 Å². The van der Waals surface area contributed by atoms with E-state index in [-0.39, 0.29) is 12.6 Å². The molecular formula is C13H13NO3. The second-order valence-electron chi connectivity index (χ2n) is 3.74. The Balaban J connectivity index is 1.95. The minimum atomic E-state index is -0.388. The van der Waals surface area contributed by atoms with Gasteiger partial charge in [0, 0.05) is 5.57 Å². The average Bonchev–Trinajstić information content (AvgIpc) is 2.71. The highest BCUT2D eigenvalue weighted by atomic mass is 16.5. The number of aromatic nitrogens is 1. The summed E-state index contributed by atoms with van der Waals surface area (Å²) in [5.74, 6) is 0.182. The normalized spacial score (nSPS) is 10.4. The van der Waals surface area contributed by atoms with Gasteiger partial charge in [0.25, 0.3) is 0 Å². The van der Waals surface area contributed by atoms with Crippen molar-refractivity contribution in [2.24, 2.45) is 0 Å². The molecule has 0 aliphatic rings. The van der Waals surface area contributed by atoms with E-state index in [1.807, 2.05) is 24.3 Å². The molecule has 0 atom stereocenters. The predicted molar refractivity (Wildman–Crippen MR) is 63.5 cm³/mol. The monoisotopic (exact) mass is 231 g/mol. The Labute approximate surface area is 98.9 Å². The van der Waals surface area contributed by atoms with Gasteiger partial charge >= 0.3 is 5.97 Å². The lowest BCUT2D eigenvalue weighted by Crippen LogP contribution is -2.08. The molecule has 88 valence electrons. The van der Waals surface area contributed by atoms with Crippen LogP contribution >= 0.6 is 0 Å². The van der Waals surface area contributed by atoms with E-state index in [2.05, 4.69) is 11.6 Å². The quantitative estimate of drug-likeness (QED) is 0.599. The summed E-state index contributed by atoms with van der Waals surface area (Å²) < 4.78 is 10.5. The highest BCUT2D eigenvalue weighted by Crippen LogP contribution is 2.14.